The Balaban J connectivity index is 1.87. The summed E-state index contributed by atoms with van der Waals surface area (Å²) in [6.45, 7) is 0.846. The van der Waals surface area contributed by atoms with Gasteiger partial charge in [-0.15, -0.1) is 0 Å². The molecule has 2 aromatic heterocycles. The molecule has 3 aromatic rings. The van der Waals surface area contributed by atoms with E-state index in [2.05, 4.69) is 9.97 Å². The van der Waals surface area contributed by atoms with Crippen molar-refractivity contribution in [2.45, 2.75) is 25.4 Å². The lowest BCUT2D eigenvalue weighted by Gasteiger charge is -2.23. The van der Waals surface area contributed by atoms with Crippen LogP contribution in [0, 0.1) is 0 Å². The van der Waals surface area contributed by atoms with Gasteiger partial charge in [0.1, 0.15) is 17.0 Å². The highest BCUT2D eigenvalue weighted by Gasteiger charge is 2.27. The van der Waals surface area contributed by atoms with Crippen molar-refractivity contribution in [1.29, 1.82) is 0 Å². The second-order valence-electron chi connectivity index (χ2n) is 7.53. The molecule has 0 bridgehead atoms. The number of carbonyl (C=O) groups is 1. The molecule has 1 fully saturated rings. The average molecular weight is 459 g/mol. The third-order valence-electron chi connectivity index (χ3n) is 5.62. The van der Waals surface area contributed by atoms with Crippen LogP contribution in [0.4, 0.5) is 5.95 Å². The summed E-state index contributed by atoms with van der Waals surface area (Å²) >= 11 is 6.26. The minimum Gasteiger partial charge on any atom is -0.495 e. The monoisotopic (exact) mass is 458 g/mol. The number of halogens is 1. The summed E-state index contributed by atoms with van der Waals surface area (Å²) < 4.78 is 11.4. The predicted octanol–water partition coefficient (Wildman–Crippen LogP) is 2.25. The Morgan fingerprint density at radius 3 is 2.81 bits per heavy atom. The van der Waals surface area contributed by atoms with Crippen molar-refractivity contribution in [2.75, 3.05) is 32.3 Å². The van der Waals surface area contributed by atoms with Gasteiger partial charge in [0, 0.05) is 18.1 Å². The van der Waals surface area contributed by atoms with Gasteiger partial charge in [-0.25, -0.2) is 9.78 Å². The van der Waals surface area contributed by atoms with Crippen molar-refractivity contribution in [3.8, 4) is 5.75 Å². The Kier molecular flexibility index (Phi) is 6.29. The van der Waals surface area contributed by atoms with E-state index < -0.39 is 11.5 Å². The zero-order valence-corrected chi connectivity index (χ0v) is 18.5. The highest BCUT2D eigenvalue weighted by atomic mass is 35.5. The number of hydrogen-bond donors (Lipinski definition) is 1. The minimum absolute atomic E-state index is 0.000170. The molecular formula is C22H23ClN4O5. The van der Waals surface area contributed by atoms with Crippen molar-refractivity contribution in [1.82, 2.24) is 14.5 Å². The van der Waals surface area contributed by atoms with Gasteiger partial charge in [0.05, 0.1) is 38.4 Å². The molecule has 0 spiro atoms. The van der Waals surface area contributed by atoms with Crippen LogP contribution in [0.1, 0.15) is 28.8 Å². The molecule has 168 valence electrons. The fourth-order valence-electron chi connectivity index (χ4n) is 3.97. The molecule has 1 aromatic carbocycles. The quantitative estimate of drug-likeness (QED) is 0.560. The lowest BCUT2D eigenvalue weighted by Crippen LogP contribution is -2.34. The summed E-state index contributed by atoms with van der Waals surface area (Å²) in [5.74, 6) is 0.216. The first-order valence-electron chi connectivity index (χ1n) is 10.2. The smallest absolute Gasteiger partial charge is 0.343 e. The van der Waals surface area contributed by atoms with Crippen molar-refractivity contribution < 1.29 is 19.4 Å². The number of fused-ring (bicyclic) bond motifs is 1. The highest BCUT2D eigenvalue weighted by molar-refractivity contribution is 6.32. The van der Waals surface area contributed by atoms with E-state index in [0.29, 0.717) is 27.8 Å². The van der Waals surface area contributed by atoms with Crippen molar-refractivity contribution in [3.63, 3.8) is 0 Å². The number of anilines is 1. The summed E-state index contributed by atoms with van der Waals surface area (Å²) in [4.78, 5) is 36.5. The Morgan fingerprint density at radius 1 is 1.31 bits per heavy atom. The number of aromatic nitrogens is 3. The Hall–Kier alpha value is -3.17. The molecule has 1 saturated heterocycles. The molecule has 10 heteroatoms. The minimum atomic E-state index is -0.734. The number of nitrogens with zero attached hydrogens (tertiary/aromatic N) is 4. The van der Waals surface area contributed by atoms with Crippen LogP contribution in [0.3, 0.4) is 0 Å². The second-order valence-corrected chi connectivity index (χ2v) is 7.94. The molecular weight excluding hydrogens is 436 g/mol. The van der Waals surface area contributed by atoms with Gasteiger partial charge in [-0.2, -0.15) is 4.98 Å². The standard InChI is InChI=1S/C22H23ClN4O5/c1-31-18-6-5-13(8-17(18)23)11-27-19-14(9-16(20(27)29)21(30)32-2)10-24-22(25-19)26-7-3-4-15(26)12-28/h5-6,8-10,15,28H,3-4,7,11-12H2,1-2H3/t15-/m0/s1. The number of esters is 1. The van der Waals surface area contributed by atoms with E-state index >= 15 is 0 Å². The fourth-order valence-corrected chi connectivity index (χ4v) is 4.25. The van der Waals surface area contributed by atoms with Crippen LogP contribution in [0.25, 0.3) is 11.0 Å². The van der Waals surface area contributed by atoms with Crippen molar-refractivity contribution in [2.24, 2.45) is 0 Å². The van der Waals surface area contributed by atoms with E-state index in [0.717, 1.165) is 24.9 Å². The SMILES string of the molecule is COC(=O)c1cc2cnc(N3CCC[C@H]3CO)nc2n(Cc2ccc(OC)c(Cl)c2)c1=O. The summed E-state index contributed by atoms with van der Waals surface area (Å²) in [7, 11) is 2.75. The van der Waals surface area contributed by atoms with E-state index in [1.807, 2.05) is 4.90 Å². The maximum absolute atomic E-state index is 13.2. The average Bonchev–Trinajstić information content (AvgIpc) is 3.29. The predicted molar refractivity (Wildman–Crippen MR) is 120 cm³/mol. The number of aliphatic hydroxyl groups is 1. The van der Waals surface area contributed by atoms with Crippen LogP contribution in [-0.2, 0) is 11.3 Å². The van der Waals surface area contributed by atoms with Gasteiger partial charge in [0.25, 0.3) is 5.56 Å². The number of carbonyl (C=O) groups excluding carboxylic acids is 1. The molecule has 0 amide bonds. The third-order valence-corrected chi connectivity index (χ3v) is 5.92. The number of methoxy groups -OCH3 is 2. The highest BCUT2D eigenvalue weighted by Crippen LogP contribution is 2.27. The Bertz CT molecular complexity index is 1230. The molecule has 1 atom stereocenters. The summed E-state index contributed by atoms with van der Waals surface area (Å²) in [6.07, 6.45) is 3.34. The van der Waals surface area contributed by atoms with Gasteiger partial charge in [-0.3, -0.25) is 9.36 Å². The molecule has 4 rings (SSSR count). The zero-order chi connectivity index (χ0) is 22.8. The first-order valence-corrected chi connectivity index (χ1v) is 10.5. The molecule has 3 heterocycles. The van der Waals surface area contributed by atoms with Crippen LogP contribution >= 0.6 is 11.6 Å². The molecule has 0 unspecified atom stereocenters. The largest absolute Gasteiger partial charge is 0.495 e. The summed E-state index contributed by atoms with van der Waals surface area (Å²) in [5.41, 5.74) is 0.477. The number of rotatable bonds is 6. The molecule has 32 heavy (non-hydrogen) atoms. The normalized spacial score (nSPS) is 15.9. The number of ether oxygens (including phenoxy) is 2. The summed E-state index contributed by atoms with van der Waals surface area (Å²) in [5, 5.41) is 10.6. The van der Waals surface area contributed by atoms with E-state index in [-0.39, 0.29) is 24.8 Å². The van der Waals surface area contributed by atoms with Crippen LogP contribution in [0.15, 0.2) is 35.3 Å². The molecule has 1 aliphatic heterocycles. The molecule has 9 nitrogen and oxygen atoms in total. The Labute approximate surface area is 189 Å². The molecule has 0 radical (unpaired) electrons. The molecule has 1 aliphatic rings. The maximum Gasteiger partial charge on any atom is 0.343 e. The van der Waals surface area contributed by atoms with Crippen LogP contribution in [-0.4, -0.2) is 59.0 Å². The van der Waals surface area contributed by atoms with Crippen molar-refractivity contribution in [3.05, 3.63) is 57.0 Å². The van der Waals surface area contributed by atoms with E-state index in [9.17, 15) is 14.7 Å². The lowest BCUT2D eigenvalue weighted by atomic mass is 10.1. The van der Waals surface area contributed by atoms with Crippen molar-refractivity contribution >= 4 is 34.6 Å². The molecule has 0 aliphatic carbocycles. The number of hydrogen-bond acceptors (Lipinski definition) is 8. The van der Waals surface area contributed by atoms with Crippen LogP contribution in [0.5, 0.6) is 5.75 Å². The fraction of sp³-hybridized carbons (Fsp3) is 0.364. The van der Waals surface area contributed by atoms with Gasteiger partial charge in [-0.1, -0.05) is 17.7 Å². The summed E-state index contributed by atoms with van der Waals surface area (Å²) in [6, 6.07) is 6.58. The molecule has 1 N–H and O–H groups in total. The second kappa shape index (κ2) is 9.13. The van der Waals surface area contributed by atoms with E-state index in [1.54, 1.807) is 24.4 Å². The number of benzene rings is 1. The van der Waals surface area contributed by atoms with Crippen LogP contribution < -0.4 is 15.2 Å². The van der Waals surface area contributed by atoms with Gasteiger partial charge >= 0.3 is 5.97 Å². The van der Waals surface area contributed by atoms with E-state index in [1.165, 1.54) is 24.9 Å². The number of aliphatic hydroxyl groups excluding tert-OH is 1. The van der Waals surface area contributed by atoms with Gasteiger partial charge in [-0.05, 0) is 36.6 Å². The lowest BCUT2D eigenvalue weighted by molar-refractivity contribution is 0.0598. The van der Waals surface area contributed by atoms with E-state index in [4.69, 9.17) is 21.1 Å². The molecule has 0 saturated carbocycles. The van der Waals surface area contributed by atoms with Crippen LogP contribution in [0.2, 0.25) is 5.02 Å². The maximum atomic E-state index is 13.2. The topological polar surface area (TPSA) is 107 Å². The zero-order valence-electron chi connectivity index (χ0n) is 17.7. The van der Waals surface area contributed by atoms with Gasteiger partial charge < -0.3 is 19.5 Å². The first-order chi connectivity index (χ1) is 15.5. The first kappa shape index (κ1) is 22.0. The van der Waals surface area contributed by atoms with Gasteiger partial charge in [0.15, 0.2) is 0 Å². The van der Waals surface area contributed by atoms with Gasteiger partial charge in [0.2, 0.25) is 5.95 Å². The number of pyridine rings is 1. The Morgan fingerprint density at radius 2 is 2.12 bits per heavy atom. The third kappa shape index (κ3) is 4.01.